The Labute approximate surface area is 438 Å². The summed E-state index contributed by atoms with van der Waals surface area (Å²) in [4.78, 5) is 2.36. The van der Waals surface area contributed by atoms with Crippen molar-refractivity contribution in [1.29, 1.82) is 0 Å². The molecule has 2 nitrogen and oxygen atoms in total. The van der Waals surface area contributed by atoms with Crippen LogP contribution in [-0.4, -0.2) is 4.57 Å². The molecule has 0 saturated heterocycles. The van der Waals surface area contributed by atoms with E-state index < -0.39 is 5.41 Å². The van der Waals surface area contributed by atoms with E-state index in [2.05, 4.69) is 313 Å². The summed E-state index contributed by atoms with van der Waals surface area (Å²) in [5.41, 5.74) is 23.3. The molecule has 0 saturated carbocycles. The Bertz CT molecular complexity index is 4060. The summed E-state index contributed by atoms with van der Waals surface area (Å²) in [6.07, 6.45) is 0. The first kappa shape index (κ1) is 44.0. The SMILES string of the molecule is c1ccc(-c2ccc(N(c3ccc(-c4ccccc4)cc3)c3ccc(-c4ccccc4-c4ccc5c6ccccc6n(-c6cccc7c6C(c6ccccc6)(c6ccccc6)c6ccccc6-7)c5c4)cc3)cc2)cc1. The average molecular weight is 955 g/mol. The maximum absolute atomic E-state index is 2.55. The first-order chi connectivity index (χ1) is 37.2. The zero-order chi connectivity index (χ0) is 49.7. The molecule has 1 heterocycles. The monoisotopic (exact) mass is 954 g/mol. The molecule has 1 aromatic heterocycles. The van der Waals surface area contributed by atoms with Crippen molar-refractivity contribution >= 4 is 38.9 Å². The van der Waals surface area contributed by atoms with Crippen LogP contribution in [0.4, 0.5) is 17.1 Å². The van der Waals surface area contributed by atoms with Gasteiger partial charge in [-0.05, 0) is 127 Å². The summed E-state index contributed by atoms with van der Waals surface area (Å²) < 4.78 is 2.55. The van der Waals surface area contributed by atoms with Crippen molar-refractivity contribution in [2.24, 2.45) is 0 Å². The third-order valence-corrected chi connectivity index (χ3v) is 15.5. The third-order valence-electron chi connectivity index (χ3n) is 15.5. The van der Waals surface area contributed by atoms with Crippen LogP contribution in [0.2, 0.25) is 0 Å². The number of rotatable bonds is 10. The normalized spacial score (nSPS) is 12.4. The van der Waals surface area contributed by atoms with E-state index in [-0.39, 0.29) is 0 Å². The van der Waals surface area contributed by atoms with E-state index in [0.29, 0.717) is 0 Å². The standard InChI is InChI=1S/C73H50N2/c1-5-20-51(21-6-1)53-36-43-59(44-37-53)74(60-45-38-54(39-46-60)52-22-7-2-8-23-52)61-47-40-55(41-48-61)62-28-13-14-29-63(62)56-42-49-66-65-31-16-18-34-69(65)75(71(66)50-56)70-35-19-32-67-64-30-15-17-33-68(64)73(72(67)70,57-24-9-3-10-25-57)58-26-11-4-12-27-58/h1-50H. The smallest absolute Gasteiger partial charge is 0.0734 e. The Morgan fingerprint density at radius 1 is 0.267 bits per heavy atom. The molecule has 352 valence electrons. The number of hydrogen-bond donors (Lipinski definition) is 0. The summed E-state index contributed by atoms with van der Waals surface area (Å²) in [6.45, 7) is 0. The number of para-hydroxylation sites is 1. The van der Waals surface area contributed by atoms with Gasteiger partial charge in [-0.25, -0.2) is 0 Å². The first-order valence-corrected chi connectivity index (χ1v) is 25.9. The molecule has 0 atom stereocenters. The molecule has 12 aromatic carbocycles. The second-order valence-electron chi connectivity index (χ2n) is 19.6. The van der Waals surface area contributed by atoms with Crippen LogP contribution in [0.25, 0.3) is 83.1 Å². The molecule has 0 bridgehead atoms. The average Bonchev–Trinajstić information content (AvgIpc) is 4.08. The van der Waals surface area contributed by atoms with Gasteiger partial charge in [0.15, 0.2) is 0 Å². The zero-order valence-electron chi connectivity index (χ0n) is 41.3. The minimum atomic E-state index is -0.564. The molecule has 0 radical (unpaired) electrons. The van der Waals surface area contributed by atoms with Crippen molar-refractivity contribution in [2.45, 2.75) is 5.41 Å². The number of nitrogens with zero attached hydrogens (tertiary/aromatic N) is 2. The van der Waals surface area contributed by atoms with Gasteiger partial charge in [-0.1, -0.05) is 249 Å². The van der Waals surface area contributed by atoms with Crippen LogP contribution in [0, 0.1) is 0 Å². The Morgan fingerprint density at radius 3 is 1.25 bits per heavy atom. The van der Waals surface area contributed by atoms with E-state index >= 15 is 0 Å². The van der Waals surface area contributed by atoms with Crippen LogP contribution in [0.1, 0.15) is 22.3 Å². The second kappa shape index (κ2) is 18.4. The quantitative estimate of drug-likeness (QED) is 0.133. The largest absolute Gasteiger partial charge is 0.311 e. The molecule has 0 unspecified atom stereocenters. The van der Waals surface area contributed by atoms with Crippen LogP contribution in [0.15, 0.2) is 303 Å². The second-order valence-corrected chi connectivity index (χ2v) is 19.6. The molecule has 75 heavy (non-hydrogen) atoms. The van der Waals surface area contributed by atoms with Gasteiger partial charge in [0.25, 0.3) is 0 Å². The van der Waals surface area contributed by atoms with Crippen molar-refractivity contribution in [2.75, 3.05) is 4.90 Å². The van der Waals surface area contributed by atoms with Crippen molar-refractivity contribution in [1.82, 2.24) is 4.57 Å². The molecule has 0 N–H and O–H groups in total. The van der Waals surface area contributed by atoms with E-state index in [1.165, 1.54) is 94.3 Å². The first-order valence-electron chi connectivity index (χ1n) is 25.9. The van der Waals surface area contributed by atoms with Gasteiger partial charge in [0.1, 0.15) is 0 Å². The lowest BCUT2D eigenvalue weighted by Gasteiger charge is -2.35. The fourth-order valence-corrected chi connectivity index (χ4v) is 12.2. The minimum absolute atomic E-state index is 0.564. The van der Waals surface area contributed by atoms with E-state index in [4.69, 9.17) is 0 Å². The molecular formula is C73H50N2. The molecule has 1 aliphatic carbocycles. The highest BCUT2D eigenvalue weighted by atomic mass is 15.1. The molecule has 0 spiro atoms. The summed E-state index contributed by atoms with van der Waals surface area (Å²) >= 11 is 0. The Morgan fingerprint density at radius 2 is 0.680 bits per heavy atom. The number of benzene rings is 12. The molecular weight excluding hydrogens is 905 g/mol. The molecule has 0 amide bonds. The van der Waals surface area contributed by atoms with Crippen LogP contribution < -0.4 is 4.90 Å². The fraction of sp³-hybridized carbons (Fsp3) is 0.0137. The maximum atomic E-state index is 2.55. The van der Waals surface area contributed by atoms with Crippen molar-refractivity contribution < 1.29 is 0 Å². The summed E-state index contributed by atoms with van der Waals surface area (Å²) in [7, 11) is 0. The van der Waals surface area contributed by atoms with Gasteiger partial charge in [0.2, 0.25) is 0 Å². The van der Waals surface area contributed by atoms with E-state index in [0.717, 1.165) is 28.2 Å². The Kier molecular flexibility index (Phi) is 10.8. The highest BCUT2D eigenvalue weighted by molar-refractivity contribution is 6.11. The lowest BCUT2D eigenvalue weighted by atomic mass is 9.67. The van der Waals surface area contributed by atoms with Gasteiger partial charge in [0, 0.05) is 33.4 Å². The number of hydrogen-bond acceptors (Lipinski definition) is 1. The molecule has 0 aliphatic heterocycles. The van der Waals surface area contributed by atoms with Gasteiger partial charge in [-0.2, -0.15) is 0 Å². The Hall–Kier alpha value is -9.76. The van der Waals surface area contributed by atoms with Gasteiger partial charge in [-0.3, -0.25) is 0 Å². The van der Waals surface area contributed by atoms with Crippen molar-refractivity contribution in [3.05, 3.63) is 326 Å². The molecule has 2 heteroatoms. The van der Waals surface area contributed by atoms with Crippen LogP contribution in [0.3, 0.4) is 0 Å². The molecule has 14 rings (SSSR count). The molecule has 0 fully saturated rings. The summed E-state index contributed by atoms with van der Waals surface area (Å²) in [5, 5.41) is 2.46. The topological polar surface area (TPSA) is 8.17 Å². The molecule has 1 aliphatic rings. The van der Waals surface area contributed by atoms with E-state index in [1.807, 2.05) is 0 Å². The van der Waals surface area contributed by atoms with Crippen LogP contribution in [-0.2, 0) is 5.41 Å². The number of anilines is 3. The minimum Gasteiger partial charge on any atom is -0.311 e. The fourth-order valence-electron chi connectivity index (χ4n) is 12.2. The van der Waals surface area contributed by atoms with E-state index in [9.17, 15) is 0 Å². The number of fused-ring (bicyclic) bond motifs is 6. The summed E-state index contributed by atoms with van der Waals surface area (Å²) in [5.74, 6) is 0. The van der Waals surface area contributed by atoms with Gasteiger partial charge in [0.05, 0.1) is 22.1 Å². The van der Waals surface area contributed by atoms with Crippen molar-refractivity contribution in [3.8, 4) is 61.3 Å². The predicted octanol–water partition coefficient (Wildman–Crippen LogP) is 19.3. The lowest BCUT2D eigenvalue weighted by Crippen LogP contribution is -2.29. The highest BCUT2D eigenvalue weighted by Crippen LogP contribution is 2.58. The Balaban J connectivity index is 0.899. The van der Waals surface area contributed by atoms with Crippen LogP contribution in [0.5, 0.6) is 0 Å². The van der Waals surface area contributed by atoms with Crippen molar-refractivity contribution in [3.63, 3.8) is 0 Å². The van der Waals surface area contributed by atoms with E-state index in [1.54, 1.807) is 0 Å². The van der Waals surface area contributed by atoms with Gasteiger partial charge in [-0.15, -0.1) is 0 Å². The lowest BCUT2D eigenvalue weighted by molar-refractivity contribution is 0.762. The highest BCUT2D eigenvalue weighted by Gasteiger charge is 2.48. The van der Waals surface area contributed by atoms with Gasteiger partial charge >= 0.3 is 0 Å². The van der Waals surface area contributed by atoms with Crippen LogP contribution >= 0.6 is 0 Å². The predicted molar refractivity (Wildman–Crippen MR) is 315 cm³/mol. The third kappa shape index (κ3) is 7.33. The van der Waals surface area contributed by atoms with Gasteiger partial charge < -0.3 is 9.47 Å². The molecule has 13 aromatic rings. The number of aromatic nitrogens is 1. The zero-order valence-corrected chi connectivity index (χ0v) is 41.3. The maximum Gasteiger partial charge on any atom is 0.0734 e. The summed E-state index contributed by atoms with van der Waals surface area (Å²) in [6, 6.07) is 111.